The van der Waals surface area contributed by atoms with Gasteiger partial charge in [0.2, 0.25) is 0 Å². The van der Waals surface area contributed by atoms with Crippen LogP contribution in [0.1, 0.15) is 6.92 Å². The molecule has 0 aliphatic rings. The van der Waals surface area contributed by atoms with Crippen LogP contribution in [0.2, 0.25) is 0 Å². The third kappa shape index (κ3) is 5.63. The molecular weight excluding hydrogens is 244 g/mol. The van der Waals surface area contributed by atoms with Crippen molar-refractivity contribution in [2.24, 2.45) is 0 Å². The van der Waals surface area contributed by atoms with E-state index in [2.05, 4.69) is 10.2 Å². The maximum Gasteiger partial charge on any atom is 2.00 e. The van der Waals surface area contributed by atoms with Crippen molar-refractivity contribution in [3.8, 4) is 5.75 Å². The average Bonchev–Trinajstić information content (AvgIpc) is 2.81. The van der Waals surface area contributed by atoms with Crippen molar-refractivity contribution in [3.05, 3.63) is 48.5 Å². The molecule has 0 fully saturated rings. The summed E-state index contributed by atoms with van der Waals surface area (Å²) >= 11 is 0. The Morgan fingerprint density at radius 3 is 2.33 bits per heavy atom. The van der Waals surface area contributed by atoms with E-state index in [1.54, 1.807) is 0 Å². The van der Waals surface area contributed by atoms with E-state index >= 15 is 0 Å². The second kappa shape index (κ2) is 8.54. The molecule has 0 aliphatic heterocycles. The molecule has 0 atom stereocenters. The second-order valence-electron chi connectivity index (χ2n) is 2.70. The van der Waals surface area contributed by atoms with Gasteiger partial charge >= 0.3 is 17.1 Å². The van der Waals surface area contributed by atoms with E-state index in [0.29, 0.717) is 0 Å². The number of hydrogen-bond donors (Lipinski definition) is 0. The fraction of sp³-hybridized carbons (Fsp3) is 0.167. The Morgan fingerprint density at radius 2 is 2.00 bits per heavy atom. The molecule has 79 valence electrons. The van der Waals surface area contributed by atoms with Crippen LogP contribution in [0, 0.1) is 0 Å². The summed E-state index contributed by atoms with van der Waals surface area (Å²) in [6.45, 7) is 2.69. The summed E-state index contributed by atoms with van der Waals surface area (Å²) < 4.78 is 5.23. The Kier molecular flexibility index (Phi) is 8.10. The summed E-state index contributed by atoms with van der Waals surface area (Å²) in [5.41, 5.74) is 0. The third-order valence-corrected chi connectivity index (χ3v) is 2.04. The normalized spacial score (nSPS) is 8.40. The van der Waals surface area contributed by atoms with Gasteiger partial charge in [-0.3, -0.25) is 0 Å². The zero-order valence-electron chi connectivity index (χ0n) is 8.59. The summed E-state index contributed by atoms with van der Waals surface area (Å²) in [6, 6.07) is 15.8. The van der Waals surface area contributed by atoms with Crippen molar-refractivity contribution in [2.75, 3.05) is 6.61 Å². The first-order chi connectivity index (χ1) is 6.84. The van der Waals surface area contributed by atoms with Crippen molar-refractivity contribution in [2.45, 2.75) is 6.92 Å². The first kappa shape index (κ1) is 14.2. The van der Waals surface area contributed by atoms with E-state index in [-0.39, 0.29) is 17.1 Å². The fourth-order valence-electron chi connectivity index (χ4n) is 1.01. The van der Waals surface area contributed by atoms with E-state index in [1.807, 2.05) is 55.5 Å². The minimum atomic E-state index is 0. The molecule has 0 saturated heterocycles. The van der Waals surface area contributed by atoms with Crippen LogP contribution < -0.4 is 9.92 Å². The minimum Gasteiger partial charge on any atom is -0.520 e. The first-order valence-electron chi connectivity index (χ1n) is 4.61. The maximum atomic E-state index is 5.23. The fourth-order valence-corrected chi connectivity index (χ4v) is 1.26. The van der Waals surface area contributed by atoms with Gasteiger partial charge in [0.25, 0.3) is 0 Å². The molecule has 0 spiro atoms. The number of rotatable bonds is 2. The molecule has 2 aromatic rings. The van der Waals surface area contributed by atoms with Crippen molar-refractivity contribution < 1.29 is 21.8 Å². The molecule has 0 saturated carbocycles. The van der Waals surface area contributed by atoms with Gasteiger partial charge in [0.15, 0.2) is 0 Å². The van der Waals surface area contributed by atoms with Gasteiger partial charge in [-0.05, 0) is 17.2 Å². The average molecular weight is 257 g/mol. The van der Waals surface area contributed by atoms with Gasteiger partial charge < -0.3 is 4.74 Å². The number of ether oxygens (including phenoxy) is 1. The van der Waals surface area contributed by atoms with Gasteiger partial charge in [-0.15, -0.1) is 5.19 Å². The molecule has 0 aliphatic carbocycles. The molecule has 0 unspecified atom stereocenters. The van der Waals surface area contributed by atoms with Crippen LogP contribution in [0.3, 0.4) is 0 Å². The van der Waals surface area contributed by atoms with Gasteiger partial charge in [0.1, 0.15) is 0 Å². The Hall–Kier alpha value is -0.764. The monoisotopic (exact) mass is 257 g/mol. The SMILES string of the molecule is CCOc1ccc[c-]1[Si].[Fe+2].c1cc[cH-]c1. The van der Waals surface area contributed by atoms with Crippen LogP contribution in [0.15, 0.2) is 48.5 Å². The number of hydrogen-bond acceptors (Lipinski definition) is 1. The zero-order chi connectivity index (χ0) is 10.2. The molecule has 15 heavy (non-hydrogen) atoms. The van der Waals surface area contributed by atoms with Crippen LogP contribution in [-0.4, -0.2) is 16.8 Å². The van der Waals surface area contributed by atoms with Gasteiger partial charge in [0.05, 0.1) is 6.61 Å². The van der Waals surface area contributed by atoms with Crippen LogP contribution >= 0.6 is 0 Å². The Morgan fingerprint density at radius 1 is 1.33 bits per heavy atom. The van der Waals surface area contributed by atoms with Gasteiger partial charge in [0, 0.05) is 5.75 Å². The smallest absolute Gasteiger partial charge is 0.520 e. The van der Waals surface area contributed by atoms with Crippen molar-refractivity contribution >= 4 is 15.4 Å². The predicted molar refractivity (Wildman–Crippen MR) is 60.6 cm³/mol. The van der Waals surface area contributed by atoms with E-state index in [4.69, 9.17) is 4.74 Å². The van der Waals surface area contributed by atoms with Crippen molar-refractivity contribution in [1.82, 2.24) is 0 Å². The molecular formula is C12H13FeOSi. The molecule has 0 aromatic heterocycles. The standard InChI is InChI=1S/C7H8OSi.C5H5.Fe/c1-2-8-6-4-3-5-7(6)9;1-2-4-5-3-1;/h3-5H,2H2,1H3;1-5H;/q2*-1;+2. The maximum absolute atomic E-state index is 5.23. The molecule has 2 aromatic carbocycles. The zero-order valence-corrected chi connectivity index (χ0v) is 10.7. The summed E-state index contributed by atoms with van der Waals surface area (Å²) in [7, 11) is 3.39. The third-order valence-electron chi connectivity index (χ3n) is 1.63. The summed E-state index contributed by atoms with van der Waals surface area (Å²) in [5, 5.41) is 1.02. The topological polar surface area (TPSA) is 9.23 Å². The van der Waals surface area contributed by atoms with Gasteiger partial charge in [-0.2, -0.15) is 30.3 Å². The molecule has 3 heteroatoms. The van der Waals surface area contributed by atoms with Gasteiger partial charge in [-0.1, -0.05) is 0 Å². The molecule has 3 radical (unpaired) electrons. The van der Waals surface area contributed by atoms with E-state index < -0.39 is 0 Å². The molecule has 0 N–H and O–H groups in total. The summed E-state index contributed by atoms with van der Waals surface area (Å²) in [5.74, 6) is 0.925. The van der Waals surface area contributed by atoms with Crippen molar-refractivity contribution in [1.29, 1.82) is 0 Å². The quantitative estimate of drug-likeness (QED) is 0.590. The molecule has 0 amide bonds. The largest absolute Gasteiger partial charge is 2.00 e. The Balaban J connectivity index is 0.000000280. The van der Waals surface area contributed by atoms with E-state index in [1.165, 1.54) is 0 Å². The summed E-state index contributed by atoms with van der Waals surface area (Å²) in [6.07, 6.45) is 0. The predicted octanol–water partition coefficient (Wildman–Crippen LogP) is 2.00. The van der Waals surface area contributed by atoms with E-state index in [9.17, 15) is 0 Å². The van der Waals surface area contributed by atoms with Crippen molar-refractivity contribution in [3.63, 3.8) is 0 Å². The van der Waals surface area contributed by atoms with Crippen LogP contribution in [-0.2, 0) is 17.1 Å². The van der Waals surface area contributed by atoms with E-state index in [0.717, 1.165) is 17.5 Å². The molecule has 0 heterocycles. The molecule has 1 nitrogen and oxygen atoms in total. The molecule has 2 rings (SSSR count). The van der Waals surface area contributed by atoms with Crippen LogP contribution in [0.4, 0.5) is 0 Å². The van der Waals surface area contributed by atoms with Gasteiger partial charge in [-0.25, -0.2) is 18.2 Å². The van der Waals surface area contributed by atoms with Crippen LogP contribution in [0.25, 0.3) is 0 Å². The second-order valence-corrected chi connectivity index (χ2v) is 3.24. The molecule has 0 bridgehead atoms. The first-order valence-corrected chi connectivity index (χ1v) is 5.11. The Labute approximate surface area is 105 Å². The minimum absolute atomic E-state index is 0. The summed E-state index contributed by atoms with van der Waals surface area (Å²) in [4.78, 5) is 0. The van der Waals surface area contributed by atoms with Crippen LogP contribution in [0.5, 0.6) is 5.75 Å². The Bertz CT molecular complexity index is 310.